The van der Waals surface area contributed by atoms with Crippen molar-refractivity contribution in [1.29, 1.82) is 0 Å². The maximum absolute atomic E-state index is 11.7. The van der Waals surface area contributed by atoms with Gasteiger partial charge in [-0.2, -0.15) is 0 Å². The van der Waals surface area contributed by atoms with Crippen LogP contribution in [0.2, 0.25) is 10.0 Å². The molecule has 0 aliphatic heterocycles. The first-order chi connectivity index (χ1) is 14.5. The predicted molar refractivity (Wildman–Crippen MR) is 123 cm³/mol. The largest absolute Gasteiger partial charge is 0.370 e. The SMILES string of the molecule is CCCCC(CC(N)=O)c1nnc(SCc2cccc(Cl)c2)n1-c1cccc(Cl)c1. The normalized spacial score (nSPS) is 12.1. The fraction of sp³-hybridized carbons (Fsp3) is 0.318. The van der Waals surface area contributed by atoms with Crippen LogP contribution >= 0.6 is 35.0 Å². The van der Waals surface area contributed by atoms with Gasteiger partial charge >= 0.3 is 0 Å². The Balaban J connectivity index is 1.98. The molecule has 158 valence electrons. The average Bonchev–Trinajstić information content (AvgIpc) is 3.13. The van der Waals surface area contributed by atoms with E-state index >= 15 is 0 Å². The molecular formula is C22H24Cl2N4OS. The molecule has 2 N–H and O–H groups in total. The summed E-state index contributed by atoms with van der Waals surface area (Å²) < 4.78 is 1.99. The molecule has 1 heterocycles. The van der Waals surface area contributed by atoms with Crippen molar-refractivity contribution in [3.63, 3.8) is 0 Å². The first-order valence-electron chi connectivity index (χ1n) is 9.84. The highest BCUT2D eigenvalue weighted by Crippen LogP contribution is 2.32. The molecule has 1 amide bonds. The zero-order chi connectivity index (χ0) is 21.5. The van der Waals surface area contributed by atoms with Crippen LogP contribution in [0.4, 0.5) is 0 Å². The fourth-order valence-electron chi connectivity index (χ4n) is 3.29. The second-order valence-electron chi connectivity index (χ2n) is 7.08. The van der Waals surface area contributed by atoms with Gasteiger partial charge in [0.15, 0.2) is 5.16 Å². The molecule has 30 heavy (non-hydrogen) atoms. The Labute approximate surface area is 191 Å². The van der Waals surface area contributed by atoms with Gasteiger partial charge in [-0.25, -0.2) is 0 Å². The van der Waals surface area contributed by atoms with Gasteiger partial charge in [0.1, 0.15) is 5.82 Å². The van der Waals surface area contributed by atoms with Gasteiger partial charge in [-0.15, -0.1) is 10.2 Å². The lowest BCUT2D eigenvalue weighted by Gasteiger charge is -2.17. The molecule has 2 aromatic carbocycles. The zero-order valence-corrected chi connectivity index (χ0v) is 19.1. The van der Waals surface area contributed by atoms with E-state index in [0.717, 1.165) is 41.5 Å². The Morgan fingerprint density at radius 3 is 2.53 bits per heavy atom. The molecule has 8 heteroatoms. The lowest BCUT2D eigenvalue weighted by Crippen LogP contribution is -2.18. The molecule has 5 nitrogen and oxygen atoms in total. The molecule has 3 rings (SSSR count). The second kappa shape index (κ2) is 10.8. The van der Waals surface area contributed by atoms with Crippen molar-refractivity contribution in [2.75, 3.05) is 0 Å². The van der Waals surface area contributed by atoms with Crippen molar-refractivity contribution in [3.05, 3.63) is 70.0 Å². The molecule has 0 aliphatic carbocycles. The van der Waals surface area contributed by atoms with Crippen LogP contribution in [-0.4, -0.2) is 20.7 Å². The lowest BCUT2D eigenvalue weighted by atomic mass is 9.97. The molecule has 0 fully saturated rings. The Kier molecular flexibility index (Phi) is 8.19. The van der Waals surface area contributed by atoms with Crippen LogP contribution in [0.5, 0.6) is 0 Å². The molecular weight excluding hydrogens is 439 g/mol. The van der Waals surface area contributed by atoms with Crippen LogP contribution in [0.1, 0.15) is 49.9 Å². The van der Waals surface area contributed by atoms with Crippen LogP contribution in [0.3, 0.4) is 0 Å². The monoisotopic (exact) mass is 462 g/mol. The Hall–Kier alpha value is -2.02. The number of hydrogen-bond donors (Lipinski definition) is 1. The summed E-state index contributed by atoms with van der Waals surface area (Å²) in [5.41, 5.74) is 7.49. The topological polar surface area (TPSA) is 73.8 Å². The number of nitrogens with zero attached hydrogens (tertiary/aromatic N) is 3. The number of nitrogens with two attached hydrogens (primary N) is 1. The predicted octanol–water partition coefficient (Wildman–Crippen LogP) is 6.02. The number of aromatic nitrogens is 3. The quantitative estimate of drug-likeness (QED) is 0.374. The Bertz CT molecular complexity index is 1010. The van der Waals surface area contributed by atoms with Crippen molar-refractivity contribution in [1.82, 2.24) is 14.8 Å². The fourth-order valence-corrected chi connectivity index (χ4v) is 4.59. The first-order valence-corrected chi connectivity index (χ1v) is 11.6. The number of thioether (sulfide) groups is 1. The summed E-state index contributed by atoms with van der Waals surface area (Å²) in [6.45, 7) is 2.12. The van der Waals surface area contributed by atoms with E-state index in [1.165, 1.54) is 0 Å². The van der Waals surface area contributed by atoms with Crippen molar-refractivity contribution >= 4 is 40.9 Å². The molecule has 1 unspecified atom stereocenters. The summed E-state index contributed by atoms with van der Waals surface area (Å²) in [7, 11) is 0. The van der Waals surface area contributed by atoms with E-state index in [2.05, 4.69) is 17.1 Å². The van der Waals surface area contributed by atoms with Crippen molar-refractivity contribution in [2.24, 2.45) is 5.73 Å². The highest BCUT2D eigenvalue weighted by molar-refractivity contribution is 7.98. The molecule has 1 aromatic heterocycles. The van der Waals surface area contributed by atoms with E-state index in [4.69, 9.17) is 28.9 Å². The molecule has 0 radical (unpaired) electrons. The molecule has 0 saturated carbocycles. The van der Waals surface area contributed by atoms with Crippen molar-refractivity contribution in [2.45, 2.75) is 49.4 Å². The summed E-state index contributed by atoms with van der Waals surface area (Å²) >= 11 is 13.9. The Morgan fingerprint density at radius 1 is 1.13 bits per heavy atom. The van der Waals surface area contributed by atoms with Gasteiger partial charge in [-0.05, 0) is 42.3 Å². The van der Waals surface area contributed by atoms with Gasteiger partial charge in [-0.1, -0.05) is 72.9 Å². The van der Waals surface area contributed by atoms with Crippen molar-refractivity contribution in [3.8, 4) is 5.69 Å². The van der Waals surface area contributed by atoms with Crippen molar-refractivity contribution < 1.29 is 4.79 Å². The zero-order valence-electron chi connectivity index (χ0n) is 16.7. The van der Waals surface area contributed by atoms with Crippen LogP contribution in [-0.2, 0) is 10.5 Å². The standard InChI is InChI=1S/C22H24Cl2N4OS/c1-2-3-7-16(12-20(25)29)21-26-27-22(28(21)19-10-5-9-18(24)13-19)30-14-15-6-4-8-17(23)11-15/h4-6,8-11,13,16H,2-3,7,12,14H2,1H3,(H2,25,29). The van der Waals surface area contributed by atoms with Crippen LogP contribution in [0, 0.1) is 0 Å². The molecule has 0 aliphatic rings. The highest BCUT2D eigenvalue weighted by atomic mass is 35.5. The maximum atomic E-state index is 11.7. The van der Waals surface area contributed by atoms with Crippen LogP contribution in [0.25, 0.3) is 5.69 Å². The number of carbonyl (C=O) groups is 1. The number of halogens is 2. The summed E-state index contributed by atoms with van der Waals surface area (Å²) in [6.07, 6.45) is 3.05. The first kappa shape index (κ1) is 22.7. The van der Waals surface area contributed by atoms with Crippen LogP contribution < -0.4 is 5.73 Å². The number of carbonyl (C=O) groups excluding carboxylic acids is 1. The minimum absolute atomic E-state index is 0.102. The number of primary amides is 1. The maximum Gasteiger partial charge on any atom is 0.218 e. The minimum atomic E-state index is -0.343. The van der Waals surface area contributed by atoms with Gasteiger partial charge in [0, 0.05) is 28.1 Å². The smallest absolute Gasteiger partial charge is 0.218 e. The van der Waals surface area contributed by atoms with Gasteiger partial charge in [0.2, 0.25) is 5.91 Å². The third-order valence-electron chi connectivity index (χ3n) is 4.70. The van der Waals surface area contributed by atoms with E-state index in [1.54, 1.807) is 11.8 Å². The van der Waals surface area contributed by atoms with E-state index in [9.17, 15) is 4.79 Å². The molecule has 0 bridgehead atoms. The van der Waals surface area contributed by atoms with E-state index in [-0.39, 0.29) is 18.2 Å². The number of unbranched alkanes of at least 4 members (excludes halogenated alkanes) is 1. The summed E-state index contributed by atoms with van der Waals surface area (Å²) in [5, 5.41) is 11.0. The highest BCUT2D eigenvalue weighted by Gasteiger charge is 2.24. The number of rotatable bonds is 10. The van der Waals surface area contributed by atoms with E-state index in [1.807, 2.05) is 53.1 Å². The average molecular weight is 463 g/mol. The summed E-state index contributed by atoms with van der Waals surface area (Å²) in [5.74, 6) is 0.978. The number of benzene rings is 2. The number of amides is 1. The lowest BCUT2D eigenvalue weighted by molar-refractivity contribution is -0.118. The summed E-state index contributed by atoms with van der Waals surface area (Å²) in [6, 6.07) is 15.3. The van der Waals surface area contributed by atoms with Crippen LogP contribution in [0.15, 0.2) is 53.7 Å². The Morgan fingerprint density at radius 2 is 1.87 bits per heavy atom. The third-order valence-corrected chi connectivity index (χ3v) is 6.17. The van der Waals surface area contributed by atoms with Gasteiger partial charge < -0.3 is 5.73 Å². The van der Waals surface area contributed by atoms with Gasteiger partial charge in [0.05, 0.1) is 5.69 Å². The molecule has 0 saturated heterocycles. The molecule has 1 atom stereocenters. The van der Waals surface area contributed by atoms with E-state index in [0.29, 0.717) is 15.8 Å². The van der Waals surface area contributed by atoms with E-state index < -0.39 is 0 Å². The second-order valence-corrected chi connectivity index (χ2v) is 8.90. The molecule has 0 spiro atoms. The third kappa shape index (κ3) is 6.00. The molecule has 3 aromatic rings. The van der Waals surface area contributed by atoms with Gasteiger partial charge in [0.25, 0.3) is 0 Å². The van der Waals surface area contributed by atoms with Gasteiger partial charge in [-0.3, -0.25) is 9.36 Å². The minimum Gasteiger partial charge on any atom is -0.370 e. The summed E-state index contributed by atoms with van der Waals surface area (Å²) in [4.78, 5) is 11.7. The number of hydrogen-bond acceptors (Lipinski definition) is 4.